The van der Waals surface area contributed by atoms with Crippen molar-refractivity contribution in [3.05, 3.63) is 110 Å². The van der Waals surface area contributed by atoms with Gasteiger partial charge in [0.1, 0.15) is 23.4 Å². The molecule has 5 aromatic rings. The highest BCUT2D eigenvalue weighted by Crippen LogP contribution is 2.26. The lowest BCUT2D eigenvalue weighted by Gasteiger charge is -2.11. The van der Waals surface area contributed by atoms with E-state index in [9.17, 15) is 14.0 Å². The van der Waals surface area contributed by atoms with Crippen LogP contribution in [0, 0.1) is 5.82 Å². The zero-order chi connectivity index (χ0) is 24.5. The van der Waals surface area contributed by atoms with Crippen molar-refractivity contribution in [2.24, 2.45) is 0 Å². The molecule has 2 heterocycles. The van der Waals surface area contributed by atoms with Crippen molar-refractivity contribution < 1.29 is 9.18 Å². The van der Waals surface area contributed by atoms with E-state index in [2.05, 4.69) is 10.3 Å². The van der Waals surface area contributed by atoms with E-state index >= 15 is 0 Å². The Morgan fingerprint density at radius 2 is 1.66 bits per heavy atom. The van der Waals surface area contributed by atoms with Crippen molar-refractivity contribution in [3.8, 4) is 0 Å². The zero-order valence-electron chi connectivity index (χ0n) is 18.3. The number of nitrogens with one attached hydrogen (secondary N) is 1. The number of rotatable bonds is 6. The lowest BCUT2D eigenvalue weighted by atomic mass is 10.2. The summed E-state index contributed by atoms with van der Waals surface area (Å²) >= 11 is 12.5. The number of nitrogens with zero attached hydrogens (tertiary/aromatic N) is 3. The van der Waals surface area contributed by atoms with E-state index in [0.717, 1.165) is 11.1 Å². The van der Waals surface area contributed by atoms with Crippen molar-refractivity contribution >= 4 is 51.0 Å². The first-order chi connectivity index (χ1) is 16.9. The summed E-state index contributed by atoms with van der Waals surface area (Å²) in [5.74, 6) is -0.782. The van der Waals surface area contributed by atoms with Gasteiger partial charge in [0.05, 0.1) is 18.4 Å². The molecule has 5 rings (SSSR count). The Balaban J connectivity index is 1.55. The Morgan fingerprint density at radius 3 is 2.37 bits per heavy atom. The summed E-state index contributed by atoms with van der Waals surface area (Å²) < 4.78 is 17.1. The average molecular weight is 509 g/mol. The molecule has 0 atom stereocenters. The Morgan fingerprint density at radius 1 is 0.971 bits per heavy atom. The minimum absolute atomic E-state index is 0.150. The first-order valence-corrected chi connectivity index (χ1v) is 11.6. The number of hydrogen-bond acceptors (Lipinski definition) is 3. The molecule has 0 aliphatic rings. The summed E-state index contributed by atoms with van der Waals surface area (Å²) in [5, 5.41) is 4.37. The summed E-state index contributed by atoms with van der Waals surface area (Å²) in [5.41, 5.74) is 2.26. The second-order valence-corrected chi connectivity index (χ2v) is 8.90. The molecule has 0 bridgehead atoms. The SMILES string of the molecule is O=C(Cn1c2ccc(F)cc2c2ncn(Cc3ccccc3Cl)c(=O)c21)NCc1ccccc1Cl. The van der Waals surface area contributed by atoms with Crippen LogP contribution in [0.2, 0.25) is 10.0 Å². The molecule has 35 heavy (non-hydrogen) atoms. The molecule has 0 fully saturated rings. The van der Waals surface area contributed by atoms with Crippen LogP contribution >= 0.6 is 23.2 Å². The fourth-order valence-electron chi connectivity index (χ4n) is 4.09. The van der Waals surface area contributed by atoms with E-state index in [1.807, 2.05) is 36.4 Å². The normalized spacial score (nSPS) is 11.3. The van der Waals surface area contributed by atoms with Crippen LogP contribution < -0.4 is 10.9 Å². The maximum absolute atomic E-state index is 14.1. The molecule has 0 radical (unpaired) electrons. The minimum Gasteiger partial charge on any atom is -0.350 e. The van der Waals surface area contributed by atoms with Gasteiger partial charge in [0.2, 0.25) is 5.91 Å². The molecule has 0 spiro atoms. The van der Waals surface area contributed by atoms with Crippen LogP contribution in [0.4, 0.5) is 4.39 Å². The molecule has 3 aromatic carbocycles. The van der Waals surface area contributed by atoms with Crippen LogP contribution in [-0.4, -0.2) is 20.0 Å². The number of halogens is 3. The van der Waals surface area contributed by atoms with Gasteiger partial charge in [-0.1, -0.05) is 59.6 Å². The number of carbonyl (C=O) groups excluding carboxylic acids is 1. The van der Waals surface area contributed by atoms with Crippen molar-refractivity contribution in [1.29, 1.82) is 0 Å². The quantitative estimate of drug-likeness (QED) is 0.344. The van der Waals surface area contributed by atoms with Crippen LogP contribution in [0.5, 0.6) is 0 Å². The Labute approximate surface area is 209 Å². The standard InChI is InChI=1S/C26H19Cl2FN4O2/c27-20-7-3-1-5-16(20)12-30-23(34)14-33-22-10-9-18(29)11-19(22)24-25(33)26(35)32(15-31-24)13-17-6-2-4-8-21(17)28/h1-11,15H,12-14H2,(H,30,34). The van der Waals surface area contributed by atoms with E-state index in [-0.39, 0.29) is 36.6 Å². The summed E-state index contributed by atoms with van der Waals surface area (Å²) in [7, 11) is 0. The number of fused-ring (bicyclic) bond motifs is 3. The third kappa shape index (κ3) is 4.52. The lowest BCUT2D eigenvalue weighted by molar-refractivity contribution is -0.121. The van der Waals surface area contributed by atoms with Crippen LogP contribution in [-0.2, 0) is 24.4 Å². The lowest BCUT2D eigenvalue weighted by Crippen LogP contribution is -2.29. The smallest absolute Gasteiger partial charge is 0.278 e. The third-order valence-corrected chi connectivity index (χ3v) is 6.56. The van der Waals surface area contributed by atoms with Crippen LogP contribution in [0.25, 0.3) is 21.9 Å². The molecule has 9 heteroatoms. The molecule has 0 unspecified atom stereocenters. The van der Waals surface area contributed by atoms with Gasteiger partial charge in [-0.3, -0.25) is 14.2 Å². The third-order valence-electron chi connectivity index (χ3n) is 5.82. The van der Waals surface area contributed by atoms with Gasteiger partial charge in [-0.25, -0.2) is 9.37 Å². The van der Waals surface area contributed by atoms with E-state index in [0.29, 0.717) is 26.5 Å². The number of hydrogen-bond donors (Lipinski definition) is 1. The van der Waals surface area contributed by atoms with Crippen molar-refractivity contribution in [1.82, 2.24) is 19.4 Å². The van der Waals surface area contributed by atoms with Gasteiger partial charge in [-0.15, -0.1) is 0 Å². The number of carbonyl (C=O) groups is 1. The van der Waals surface area contributed by atoms with Gasteiger partial charge >= 0.3 is 0 Å². The fourth-order valence-corrected chi connectivity index (χ4v) is 4.49. The van der Waals surface area contributed by atoms with Gasteiger partial charge in [0.15, 0.2) is 0 Å². The van der Waals surface area contributed by atoms with Crippen molar-refractivity contribution in [3.63, 3.8) is 0 Å². The predicted molar refractivity (Wildman–Crippen MR) is 135 cm³/mol. The van der Waals surface area contributed by atoms with Crippen LogP contribution in [0.3, 0.4) is 0 Å². The molecule has 1 N–H and O–H groups in total. The Bertz CT molecular complexity index is 1640. The highest BCUT2D eigenvalue weighted by atomic mass is 35.5. The molecule has 176 valence electrons. The van der Waals surface area contributed by atoms with Gasteiger partial charge in [0, 0.05) is 22.0 Å². The van der Waals surface area contributed by atoms with Crippen molar-refractivity contribution in [2.75, 3.05) is 0 Å². The van der Waals surface area contributed by atoms with E-state index < -0.39 is 5.82 Å². The summed E-state index contributed by atoms with van der Waals surface area (Å²) in [4.78, 5) is 30.9. The second kappa shape index (κ2) is 9.52. The highest BCUT2D eigenvalue weighted by molar-refractivity contribution is 6.31. The molecular weight excluding hydrogens is 490 g/mol. The predicted octanol–water partition coefficient (Wildman–Crippen LogP) is 5.16. The zero-order valence-corrected chi connectivity index (χ0v) is 19.9. The highest BCUT2D eigenvalue weighted by Gasteiger charge is 2.19. The maximum Gasteiger partial charge on any atom is 0.278 e. The fraction of sp³-hybridized carbons (Fsp3) is 0.115. The number of aromatic nitrogens is 3. The number of amides is 1. The molecule has 0 aliphatic carbocycles. The topological polar surface area (TPSA) is 68.9 Å². The van der Waals surface area contributed by atoms with Crippen molar-refractivity contribution in [2.45, 2.75) is 19.6 Å². The van der Waals surface area contributed by atoms with Gasteiger partial charge in [0.25, 0.3) is 5.56 Å². The van der Waals surface area contributed by atoms with E-state index in [1.54, 1.807) is 22.8 Å². The number of benzene rings is 3. The average Bonchev–Trinajstić information content (AvgIpc) is 3.14. The molecule has 6 nitrogen and oxygen atoms in total. The second-order valence-electron chi connectivity index (χ2n) is 8.08. The van der Waals surface area contributed by atoms with Gasteiger partial charge < -0.3 is 9.88 Å². The largest absolute Gasteiger partial charge is 0.350 e. The first-order valence-electron chi connectivity index (χ1n) is 10.8. The molecule has 1 amide bonds. The molecule has 0 saturated carbocycles. The van der Waals surface area contributed by atoms with E-state index in [4.69, 9.17) is 23.2 Å². The van der Waals surface area contributed by atoms with Crippen LogP contribution in [0.15, 0.2) is 77.9 Å². The summed E-state index contributed by atoms with van der Waals surface area (Å²) in [6, 6.07) is 18.6. The summed E-state index contributed by atoms with van der Waals surface area (Å²) in [6.45, 7) is 0.290. The molecule has 2 aromatic heterocycles. The van der Waals surface area contributed by atoms with Crippen LogP contribution in [0.1, 0.15) is 11.1 Å². The maximum atomic E-state index is 14.1. The summed E-state index contributed by atoms with van der Waals surface area (Å²) in [6.07, 6.45) is 1.42. The van der Waals surface area contributed by atoms with E-state index in [1.165, 1.54) is 23.0 Å². The molecule has 0 saturated heterocycles. The van der Waals surface area contributed by atoms with Gasteiger partial charge in [-0.2, -0.15) is 0 Å². The minimum atomic E-state index is -0.457. The first kappa shape index (κ1) is 23.1. The molecular formula is C26H19Cl2FN4O2. The Kier molecular flexibility index (Phi) is 6.28. The van der Waals surface area contributed by atoms with Gasteiger partial charge in [-0.05, 0) is 41.5 Å². The Hall–Kier alpha value is -3.68. The molecule has 0 aliphatic heterocycles. The monoisotopic (exact) mass is 508 g/mol.